The van der Waals surface area contributed by atoms with Gasteiger partial charge in [0.25, 0.3) is 0 Å². The Bertz CT molecular complexity index is 821. The van der Waals surface area contributed by atoms with Crippen LogP contribution in [-0.2, 0) is 27.4 Å². The number of nitrogens with zero attached hydrogens (tertiary/aromatic N) is 2. The van der Waals surface area contributed by atoms with Crippen LogP contribution in [0.4, 0.5) is 4.79 Å². The standard InChI is InChI=1S/C21H20N2O4/c22-11-17-19(25-12-15-7-3-1-4-8-15)20(18-14-27-21(24)23(17)18)26-13-16-9-5-2-6-10-16/h1-10,17-20H,12-14H2/t17-,18-,19-,20-/m1/s1. The third kappa shape index (κ3) is 3.52. The van der Waals surface area contributed by atoms with Gasteiger partial charge in [-0.3, -0.25) is 4.90 Å². The van der Waals surface area contributed by atoms with Crippen molar-refractivity contribution in [2.75, 3.05) is 6.61 Å². The fourth-order valence-corrected chi connectivity index (χ4v) is 3.64. The second-order valence-electron chi connectivity index (χ2n) is 6.65. The Morgan fingerprint density at radius 3 is 2.07 bits per heavy atom. The number of rotatable bonds is 6. The van der Waals surface area contributed by atoms with Gasteiger partial charge in [0, 0.05) is 0 Å². The van der Waals surface area contributed by atoms with Crippen molar-refractivity contribution in [1.82, 2.24) is 4.90 Å². The van der Waals surface area contributed by atoms with Gasteiger partial charge in [-0.2, -0.15) is 5.26 Å². The summed E-state index contributed by atoms with van der Waals surface area (Å²) in [4.78, 5) is 13.6. The molecule has 2 saturated heterocycles. The van der Waals surface area contributed by atoms with Crippen LogP contribution in [0.25, 0.3) is 0 Å². The Morgan fingerprint density at radius 1 is 0.963 bits per heavy atom. The van der Waals surface area contributed by atoms with Gasteiger partial charge in [-0.25, -0.2) is 4.79 Å². The first-order chi connectivity index (χ1) is 13.3. The number of hydrogen-bond acceptors (Lipinski definition) is 5. The Hall–Kier alpha value is -2.88. The number of fused-ring (bicyclic) bond motifs is 1. The van der Waals surface area contributed by atoms with Gasteiger partial charge in [0.05, 0.1) is 25.3 Å². The maximum Gasteiger partial charge on any atom is 0.411 e. The van der Waals surface area contributed by atoms with E-state index >= 15 is 0 Å². The first kappa shape index (κ1) is 17.5. The molecular formula is C21H20N2O4. The maximum atomic E-state index is 12.1. The Morgan fingerprint density at radius 2 is 1.52 bits per heavy atom. The van der Waals surface area contributed by atoms with E-state index < -0.39 is 24.3 Å². The summed E-state index contributed by atoms with van der Waals surface area (Å²) in [6.07, 6.45) is -1.44. The largest absolute Gasteiger partial charge is 0.447 e. The molecule has 0 spiro atoms. The minimum absolute atomic E-state index is 0.210. The lowest BCUT2D eigenvalue weighted by molar-refractivity contribution is -0.0780. The molecule has 6 heteroatoms. The van der Waals surface area contributed by atoms with Gasteiger partial charge >= 0.3 is 6.09 Å². The van der Waals surface area contributed by atoms with Crippen molar-refractivity contribution in [3.05, 3.63) is 71.8 Å². The molecule has 2 aliphatic heterocycles. The number of carbonyl (C=O) groups is 1. The summed E-state index contributed by atoms with van der Waals surface area (Å²) in [6, 6.07) is 20.7. The summed E-state index contributed by atoms with van der Waals surface area (Å²) in [5, 5.41) is 9.67. The molecule has 138 valence electrons. The van der Waals surface area contributed by atoms with Crippen molar-refractivity contribution in [1.29, 1.82) is 5.26 Å². The van der Waals surface area contributed by atoms with Crippen LogP contribution < -0.4 is 0 Å². The minimum Gasteiger partial charge on any atom is -0.447 e. The monoisotopic (exact) mass is 364 g/mol. The highest BCUT2D eigenvalue weighted by atomic mass is 16.6. The Kier molecular flexibility index (Phi) is 5.05. The third-order valence-corrected chi connectivity index (χ3v) is 4.96. The van der Waals surface area contributed by atoms with E-state index in [1.54, 1.807) is 0 Å². The second-order valence-corrected chi connectivity index (χ2v) is 6.65. The number of cyclic esters (lactones) is 1. The highest BCUT2D eigenvalue weighted by molar-refractivity contribution is 5.72. The Labute approximate surface area is 157 Å². The van der Waals surface area contributed by atoms with E-state index in [0.29, 0.717) is 13.2 Å². The molecule has 0 aromatic heterocycles. The molecule has 0 saturated carbocycles. The molecule has 0 radical (unpaired) electrons. The van der Waals surface area contributed by atoms with E-state index in [0.717, 1.165) is 11.1 Å². The molecule has 2 aliphatic rings. The van der Waals surface area contributed by atoms with Crippen LogP contribution in [0.3, 0.4) is 0 Å². The molecule has 4 rings (SSSR count). The molecule has 0 bridgehead atoms. The van der Waals surface area contributed by atoms with Crippen molar-refractivity contribution in [2.45, 2.75) is 37.5 Å². The smallest absolute Gasteiger partial charge is 0.411 e. The number of nitriles is 1. The summed E-state index contributed by atoms with van der Waals surface area (Å²) in [6.45, 7) is 0.944. The van der Waals surface area contributed by atoms with Gasteiger partial charge in [0.15, 0.2) is 6.04 Å². The Balaban J connectivity index is 1.52. The lowest BCUT2D eigenvalue weighted by Gasteiger charge is -2.24. The van der Waals surface area contributed by atoms with Gasteiger partial charge in [-0.05, 0) is 11.1 Å². The van der Waals surface area contributed by atoms with Crippen LogP contribution in [0.2, 0.25) is 0 Å². The fraction of sp³-hybridized carbons (Fsp3) is 0.333. The van der Waals surface area contributed by atoms with Crippen molar-refractivity contribution < 1.29 is 19.0 Å². The molecule has 2 aromatic rings. The molecule has 6 nitrogen and oxygen atoms in total. The van der Waals surface area contributed by atoms with Crippen LogP contribution in [0, 0.1) is 11.3 Å². The molecule has 4 atom stereocenters. The normalized spacial score (nSPS) is 26.5. The van der Waals surface area contributed by atoms with Crippen molar-refractivity contribution in [2.24, 2.45) is 0 Å². The zero-order valence-electron chi connectivity index (χ0n) is 14.7. The minimum atomic E-state index is -0.727. The SMILES string of the molecule is N#C[C@@H]1[C@@H](OCc2ccccc2)[C@H](OCc2ccccc2)[C@H]2COC(=O)N12. The van der Waals surface area contributed by atoms with Crippen LogP contribution >= 0.6 is 0 Å². The van der Waals surface area contributed by atoms with Crippen LogP contribution in [0.1, 0.15) is 11.1 Å². The highest BCUT2D eigenvalue weighted by Gasteiger charge is 2.57. The first-order valence-electron chi connectivity index (χ1n) is 8.93. The number of carbonyl (C=O) groups excluding carboxylic acids is 1. The van der Waals surface area contributed by atoms with E-state index in [9.17, 15) is 10.1 Å². The predicted molar refractivity (Wildman–Crippen MR) is 96.4 cm³/mol. The summed E-state index contributed by atoms with van der Waals surface area (Å²) >= 11 is 0. The first-order valence-corrected chi connectivity index (χ1v) is 8.93. The van der Waals surface area contributed by atoms with E-state index in [2.05, 4.69) is 6.07 Å². The number of amides is 1. The van der Waals surface area contributed by atoms with Gasteiger partial charge in [0.1, 0.15) is 18.8 Å². The number of ether oxygens (including phenoxy) is 3. The summed E-state index contributed by atoms with van der Waals surface area (Å²) in [7, 11) is 0. The number of benzene rings is 2. The van der Waals surface area contributed by atoms with E-state index in [1.807, 2.05) is 60.7 Å². The van der Waals surface area contributed by atoms with Crippen LogP contribution in [-0.4, -0.2) is 41.9 Å². The fourth-order valence-electron chi connectivity index (χ4n) is 3.64. The molecule has 1 amide bonds. The van der Waals surface area contributed by atoms with Gasteiger partial charge in [-0.15, -0.1) is 0 Å². The summed E-state index contributed by atoms with van der Waals surface area (Å²) in [5.41, 5.74) is 2.03. The predicted octanol–water partition coefficient (Wildman–Crippen LogP) is 2.88. The molecule has 2 aromatic carbocycles. The van der Waals surface area contributed by atoms with Gasteiger partial charge in [0.2, 0.25) is 0 Å². The molecule has 2 fully saturated rings. The molecule has 0 unspecified atom stereocenters. The van der Waals surface area contributed by atoms with Crippen molar-refractivity contribution >= 4 is 6.09 Å². The molecule has 0 aliphatic carbocycles. The van der Waals surface area contributed by atoms with E-state index in [4.69, 9.17) is 14.2 Å². The maximum absolute atomic E-state index is 12.1. The van der Waals surface area contributed by atoms with Gasteiger partial charge < -0.3 is 14.2 Å². The lowest BCUT2D eigenvalue weighted by Crippen LogP contribution is -2.39. The summed E-state index contributed by atoms with van der Waals surface area (Å²) < 4.78 is 17.4. The van der Waals surface area contributed by atoms with Gasteiger partial charge in [-0.1, -0.05) is 60.7 Å². The molecule has 0 N–H and O–H groups in total. The molecular weight excluding hydrogens is 344 g/mol. The second kappa shape index (κ2) is 7.78. The van der Waals surface area contributed by atoms with E-state index in [-0.39, 0.29) is 12.6 Å². The zero-order chi connectivity index (χ0) is 18.6. The number of hydrogen-bond donors (Lipinski definition) is 0. The quantitative estimate of drug-likeness (QED) is 0.788. The average Bonchev–Trinajstić information content (AvgIpc) is 3.23. The lowest BCUT2D eigenvalue weighted by atomic mass is 10.1. The highest BCUT2D eigenvalue weighted by Crippen LogP contribution is 2.35. The zero-order valence-corrected chi connectivity index (χ0v) is 14.7. The summed E-state index contributed by atoms with van der Waals surface area (Å²) in [5.74, 6) is 0. The van der Waals surface area contributed by atoms with Crippen LogP contribution in [0.5, 0.6) is 0 Å². The van der Waals surface area contributed by atoms with Crippen molar-refractivity contribution in [3.63, 3.8) is 0 Å². The average molecular weight is 364 g/mol. The van der Waals surface area contributed by atoms with E-state index in [1.165, 1.54) is 4.90 Å². The molecule has 27 heavy (non-hydrogen) atoms. The van der Waals surface area contributed by atoms with Crippen LogP contribution in [0.15, 0.2) is 60.7 Å². The molecule has 2 heterocycles. The third-order valence-electron chi connectivity index (χ3n) is 4.96. The topological polar surface area (TPSA) is 71.8 Å². The van der Waals surface area contributed by atoms with Crippen molar-refractivity contribution in [3.8, 4) is 6.07 Å².